The molecule has 0 aromatic rings. The van der Waals surface area contributed by atoms with Crippen LogP contribution in [0.3, 0.4) is 0 Å². The van der Waals surface area contributed by atoms with E-state index in [0.29, 0.717) is 45.3 Å². The maximum absolute atomic E-state index is 11.3. The molecule has 0 fully saturated rings. The minimum Gasteiger partial charge on any atom is -0.377 e. The van der Waals surface area contributed by atoms with E-state index in [-0.39, 0.29) is 24.9 Å². The van der Waals surface area contributed by atoms with Crippen LogP contribution in [0.25, 0.3) is 0 Å². The van der Waals surface area contributed by atoms with Gasteiger partial charge in [-0.05, 0) is 12.3 Å². The van der Waals surface area contributed by atoms with Crippen LogP contribution in [0.15, 0.2) is 0 Å². The fourth-order valence-electron chi connectivity index (χ4n) is 1.41. The van der Waals surface area contributed by atoms with E-state index in [2.05, 4.69) is 5.32 Å². The van der Waals surface area contributed by atoms with Gasteiger partial charge in [-0.2, -0.15) is 0 Å². The number of nitrogens with one attached hydrogen (secondary N) is 1. The third-order valence-electron chi connectivity index (χ3n) is 2.48. The summed E-state index contributed by atoms with van der Waals surface area (Å²) in [6.45, 7) is 8.48. The molecule has 0 radical (unpaired) electrons. The lowest BCUT2D eigenvalue weighted by Gasteiger charge is -2.08. The Labute approximate surface area is 127 Å². The Bertz CT molecular complexity index is 281. The lowest BCUT2D eigenvalue weighted by molar-refractivity contribution is -0.126. The molecule has 0 unspecified atom stereocenters. The van der Waals surface area contributed by atoms with Crippen LogP contribution in [-0.4, -0.2) is 57.9 Å². The summed E-state index contributed by atoms with van der Waals surface area (Å²) in [6, 6.07) is 0. The quantitative estimate of drug-likeness (QED) is 0.488. The fraction of sp³-hybridized carbons (Fsp3) is 0.867. The van der Waals surface area contributed by atoms with Crippen LogP contribution in [0.2, 0.25) is 0 Å². The van der Waals surface area contributed by atoms with Gasteiger partial charge in [-0.25, -0.2) is 0 Å². The summed E-state index contributed by atoms with van der Waals surface area (Å²) < 4.78 is 15.6. The van der Waals surface area contributed by atoms with Crippen LogP contribution in [0.5, 0.6) is 0 Å². The van der Waals surface area contributed by atoms with Gasteiger partial charge in [0.25, 0.3) is 0 Å². The molecule has 124 valence electrons. The zero-order valence-electron chi connectivity index (χ0n) is 13.5. The van der Waals surface area contributed by atoms with Gasteiger partial charge in [0.1, 0.15) is 13.2 Å². The smallest absolute Gasteiger partial charge is 0.246 e. The van der Waals surface area contributed by atoms with Crippen LogP contribution in [0.1, 0.15) is 33.6 Å². The first-order chi connectivity index (χ1) is 10.1. The van der Waals surface area contributed by atoms with Crippen molar-refractivity contribution >= 4 is 11.7 Å². The fourth-order valence-corrected chi connectivity index (χ4v) is 1.41. The van der Waals surface area contributed by atoms with Crippen molar-refractivity contribution in [2.75, 3.05) is 46.2 Å². The van der Waals surface area contributed by atoms with Gasteiger partial charge < -0.3 is 19.5 Å². The highest BCUT2D eigenvalue weighted by atomic mass is 16.5. The van der Waals surface area contributed by atoms with Gasteiger partial charge in [0.05, 0.1) is 26.4 Å². The van der Waals surface area contributed by atoms with E-state index >= 15 is 0 Å². The number of carbonyl (C=O) groups is 2. The zero-order valence-corrected chi connectivity index (χ0v) is 13.5. The molecule has 0 aliphatic heterocycles. The second-order valence-electron chi connectivity index (χ2n) is 5.20. The van der Waals surface area contributed by atoms with Gasteiger partial charge in [-0.3, -0.25) is 9.59 Å². The Morgan fingerprint density at radius 2 is 1.52 bits per heavy atom. The Hall–Kier alpha value is -0.980. The molecule has 0 rings (SSSR count). The van der Waals surface area contributed by atoms with E-state index in [9.17, 15) is 9.59 Å². The number of amides is 1. The molecule has 0 saturated heterocycles. The van der Waals surface area contributed by atoms with Crippen molar-refractivity contribution in [1.29, 1.82) is 0 Å². The highest BCUT2D eigenvalue weighted by Gasteiger charge is 2.02. The Morgan fingerprint density at radius 1 is 0.952 bits per heavy atom. The van der Waals surface area contributed by atoms with Crippen molar-refractivity contribution in [3.05, 3.63) is 0 Å². The first-order valence-corrected chi connectivity index (χ1v) is 7.57. The number of hydrogen-bond donors (Lipinski definition) is 1. The molecule has 0 atom stereocenters. The van der Waals surface area contributed by atoms with Crippen molar-refractivity contribution in [3.63, 3.8) is 0 Å². The van der Waals surface area contributed by atoms with Gasteiger partial charge in [0, 0.05) is 13.0 Å². The average Bonchev–Trinajstić information content (AvgIpc) is 2.43. The summed E-state index contributed by atoms with van der Waals surface area (Å²) in [5.74, 6) is 0.441. The number of rotatable bonds is 14. The van der Waals surface area contributed by atoms with Crippen LogP contribution in [-0.2, 0) is 23.8 Å². The first kappa shape index (κ1) is 20.0. The molecule has 0 aliphatic carbocycles. The molecule has 0 aromatic carbocycles. The highest BCUT2D eigenvalue weighted by molar-refractivity contribution is 5.79. The number of Topliss-reactive ketones (excluding diaryl/α,β-unsaturated/α-hetero) is 1. The Morgan fingerprint density at radius 3 is 2.10 bits per heavy atom. The standard InChI is InChI=1S/C15H29NO5/c1-4-5-14(17)11-20-8-6-19-7-9-21-12-15(18)16-10-13(2)3/h13H,4-12H2,1-3H3,(H,16,18). The maximum atomic E-state index is 11.3. The molecular weight excluding hydrogens is 274 g/mol. The summed E-state index contributed by atoms with van der Waals surface area (Å²) >= 11 is 0. The molecule has 0 aromatic heterocycles. The SMILES string of the molecule is CCCC(=O)COCCOCCOCC(=O)NCC(C)C. The molecule has 0 bridgehead atoms. The summed E-state index contributed by atoms with van der Waals surface area (Å²) in [4.78, 5) is 22.5. The molecule has 6 nitrogen and oxygen atoms in total. The third kappa shape index (κ3) is 15.2. The molecular formula is C15H29NO5. The lowest BCUT2D eigenvalue weighted by Crippen LogP contribution is -2.31. The predicted octanol–water partition coefficient (Wildman–Crippen LogP) is 1.18. The molecule has 1 N–H and O–H groups in total. The summed E-state index contributed by atoms with van der Waals surface area (Å²) in [5.41, 5.74) is 0. The summed E-state index contributed by atoms with van der Waals surface area (Å²) in [5, 5.41) is 2.77. The summed E-state index contributed by atoms with van der Waals surface area (Å²) in [6.07, 6.45) is 1.41. The monoisotopic (exact) mass is 303 g/mol. The normalized spacial score (nSPS) is 10.9. The highest BCUT2D eigenvalue weighted by Crippen LogP contribution is 1.90. The van der Waals surface area contributed by atoms with Crippen LogP contribution >= 0.6 is 0 Å². The van der Waals surface area contributed by atoms with Crippen LogP contribution < -0.4 is 5.32 Å². The van der Waals surface area contributed by atoms with E-state index < -0.39 is 0 Å². The zero-order chi connectivity index (χ0) is 15.9. The topological polar surface area (TPSA) is 73.9 Å². The van der Waals surface area contributed by atoms with Gasteiger partial charge in [-0.15, -0.1) is 0 Å². The lowest BCUT2D eigenvalue weighted by atomic mass is 10.2. The van der Waals surface area contributed by atoms with E-state index in [4.69, 9.17) is 14.2 Å². The first-order valence-electron chi connectivity index (χ1n) is 7.57. The third-order valence-corrected chi connectivity index (χ3v) is 2.48. The number of ketones is 1. The summed E-state index contributed by atoms with van der Waals surface area (Å²) in [7, 11) is 0. The van der Waals surface area contributed by atoms with E-state index in [1.165, 1.54) is 0 Å². The molecule has 1 amide bonds. The van der Waals surface area contributed by atoms with Crippen molar-refractivity contribution in [3.8, 4) is 0 Å². The van der Waals surface area contributed by atoms with Crippen molar-refractivity contribution < 1.29 is 23.8 Å². The molecule has 6 heteroatoms. The second kappa shape index (κ2) is 14.0. The van der Waals surface area contributed by atoms with Crippen LogP contribution in [0, 0.1) is 5.92 Å². The number of carbonyl (C=O) groups excluding carboxylic acids is 2. The van der Waals surface area contributed by atoms with Gasteiger partial charge in [0.15, 0.2) is 5.78 Å². The average molecular weight is 303 g/mol. The maximum Gasteiger partial charge on any atom is 0.246 e. The molecule has 0 spiro atoms. The van der Waals surface area contributed by atoms with Gasteiger partial charge >= 0.3 is 0 Å². The molecule has 0 heterocycles. The van der Waals surface area contributed by atoms with E-state index in [1.54, 1.807) is 0 Å². The van der Waals surface area contributed by atoms with Crippen molar-refractivity contribution in [2.45, 2.75) is 33.6 Å². The minimum absolute atomic E-state index is 0.0537. The van der Waals surface area contributed by atoms with Gasteiger partial charge in [-0.1, -0.05) is 20.8 Å². The Kier molecular flexibility index (Phi) is 13.3. The van der Waals surface area contributed by atoms with Crippen LogP contribution in [0.4, 0.5) is 0 Å². The molecule has 21 heavy (non-hydrogen) atoms. The minimum atomic E-state index is -0.110. The number of ether oxygens (including phenoxy) is 3. The van der Waals surface area contributed by atoms with Gasteiger partial charge in [0.2, 0.25) is 5.91 Å². The van der Waals surface area contributed by atoms with Crippen molar-refractivity contribution in [1.82, 2.24) is 5.32 Å². The number of hydrogen-bond acceptors (Lipinski definition) is 5. The predicted molar refractivity (Wildman–Crippen MR) is 80.2 cm³/mol. The molecule has 0 aliphatic rings. The Balaban J connectivity index is 3.22. The van der Waals surface area contributed by atoms with E-state index in [1.807, 2.05) is 20.8 Å². The largest absolute Gasteiger partial charge is 0.377 e. The van der Waals surface area contributed by atoms with E-state index in [0.717, 1.165) is 6.42 Å². The molecule has 0 saturated carbocycles. The van der Waals surface area contributed by atoms with Crippen molar-refractivity contribution in [2.24, 2.45) is 5.92 Å². The second-order valence-corrected chi connectivity index (χ2v) is 5.20.